The van der Waals surface area contributed by atoms with E-state index in [9.17, 15) is 19.5 Å². The van der Waals surface area contributed by atoms with Crippen LogP contribution in [-0.4, -0.2) is 45.0 Å². The predicted octanol–water partition coefficient (Wildman–Crippen LogP) is 3.01. The molecule has 1 aliphatic carbocycles. The van der Waals surface area contributed by atoms with Gasteiger partial charge in [-0.3, -0.25) is 4.79 Å². The first-order chi connectivity index (χ1) is 19.2. The molecule has 1 amide bonds. The zero-order chi connectivity index (χ0) is 28.3. The van der Waals surface area contributed by atoms with Crippen molar-refractivity contribution in [3.05, 3.63) is 61.7 Å². The van der Waals surface area contributed by atoms with Gasteiger partial charge in [0.2, 0.25) is 0 Å². The molecule has 10 nitrogen and oxygen atoms in total. The first-order valence-corrected chi connectivity index (χ1v) is 13.5. The van der Waals surface area contributed by atoms with Crippen LogP contribution in [0.15, 0.2) is 16.9 Å². The number of unbranched alkanes of at least 4 members (excludes halogenated alkanes) is 1. The van der Waals surface area contributed by atoms with Crippen molar-refractivity contribution in [1.82, 2.24) is 14.9 Å². The van der Waals surface area contributed by atoms with Crippen LogP contribution in [0.2, 0.25) is 0 Å². The molecule has 0 saturated carbocycles. The van der Waals surface area contributed by atoms with Crippen LogP contribution in [0.4, 0.5) is 9.18 Å². The number of alkyl carbamates (subject to hydrolysis) is 1. The van der Waals surface area contributed by atoms with Gasteiger partial charge in [0, 0.05) is 29.2 Å². The van der Waals surface area contributed by atoms with Crippen molar-refractivity contribution in [3.8, 4) is 11.4 Å². The highest BCUT2D eigenvalue weighted by Gasteiger charge is 2.46. The third-order valence-corrected chi connectivity index (χ3v) is 8.46. The molecule has 0 saturated heterocycles. The van der Waals surface area contributed by atoms with Crippen molar-refractivity contribution >= 4 is 23.0 Å². The molecule has 0 unspecified atom stereocenters. The molecule has 11 heteroatoms. The number of rotatable bonds is 6. The summed E-state index contributed by atoms with van der Waals surface area (Å²) in [5.41, 5.74) is 2.12. The van der Waals surface area contributed by atoms with Crippen molar-refractivity contribution in [2.45, 2.75) is 70.7 Å². The Morgan fingerprint density at radius 2 is 2.08 bits per heavy atom. The van der Waals surface area contributed by atoms with Gasteiger partial charge < -0.3 is 29.6 Å². The molecule has 40 heavy (non-hydrogen) atoms. The largest absolute Gasteiger partial charge is 0.458 e. The minimum atomic E-state index is -1.96. The number of benzene rings is 1. The Hall–Kier alpha value is -3.83. The summed E-state index contributed by atoms with van der Waals surface area (Å²) in [7, 11) is 0. The van der Waals surface area contributed by atoms with Crippen LogP contribution in [0.3, 0.4) is 0 Å². The number of carbonyl (C=O) groups excluding carboxylic acids is 2. The number of aliphatic hydroxyl groups is 2. The summed E-state index contributed by atoms with van der Waals surface area (Å²) in [5.74, 6) is -1.20. The number of nitrogens with zero attached hydrogens (tertiary/aromatic N) is 2. The van der Waals surface area contributed by atoms with Crippen LogP contribution in [-0.2, 0) is 39.4 Å². The fourth-order valence-corrected chi connectivity index (χ4v) is 6.26. The number of nitrogens with one attached hydrogen (secondary N) is 1. The minimum Gasteiger partial charge on any atom is -0.458 e. The van der Waals surface area contributed by atoms with Gasteiger partial charge in [0.1, 0.15) is 12.4 Å². The molecule has 2 aromatic heterocycles. The first-order valence-electron chi connectivity index (χ1n) is 13.5. The third kappa shape index (κ3) is 3.82. The molecule has 4 heterocycles. The Morgan fingerprint density at radius 3 is 2.83 bits per heavy atom. The highest BCUT2D eigenvalue weighted by molar-refractivity contribution is 5.93. The number of esters is 1. The summed E-state index contributed by atoms with van der Waals surface area (Å²) in [4.78, 5) is 43.7. The van der Waals surface area contributed by atoms with Crippen molar-refractivity contribution in [2.75, 3.05) is 13.2 Å². The van der Waals surface area contributed by atoms with E-state index in [-0.39, 0.29) is 49.7 Å². The monoisotopic (exact) mass is 551 g/mol. The molecular formula is C29H30FN3O7. The molecule has 0 radical (unpaired) electrons. The Kier molecular flexibility index (Phi) is 6.38. The predicted molar refractivity (Wildman–Crippen MR) is 141 cm³/mol. The van der Waals surface area contributed by atoms with E-state index in [0.717, 1.165) is 22.1 Å². The zero-order valence-electron chi connectivity index (χ0n) is 22.3. The number of cyclic esters (lactones) is 1. The highest BCUT2D eigenvalue weighted by atomic mass is 19.1. The topological polar surface area (TPSA) is 140 Å². The number of halogens is 1. The third-order valence-electron chi connectivity index (χ3n) is 8.46. The number of hydrogen-bond acceptors (Lipinski definition) is 8. The number of aliphatic hydroxyl groups excluding tert-OH is 1. The maximum Gasteiger partial charge on any atom is 0.407 e. The van der Waals surface area contributed by atoms with Gasteiger partial charge >= 0.3 is 12.1 Å². The molecule has 3 aromatic rings. The van der Waals surface area contributed by atoms with E-state index in [1.54, 1.807) is 19.9 Å². The van der Waals surface area contributed by atoms with Crippen LogP contribution < -0.4 is 10.9 Å². The number of pyridine rings is 2. The molecule has 3 aliphatic rings. The lowest BCUT2D eigenvalue weighted by molar-refractivity contribution is -0.172. The lowest BCUT2D eigenvalue weighted by atomic mass is 9.81. The number of fused-ring (bicyclic) bond motifs is 5. The van der Waals surface area contributed by atoms with Crippen LogP contribution in [0.1, 0.15) is 72.0 Å². The van der Waals surface area contributed by atoms with Gasteiger partial charge in [0.15, 0.2) is 5.60 Å². The van der Waals surface area contributed by atoms with Crippen molar-refractivity contribution in [1.29, 1.82) is 0 Å². The summed E-state index contributed by atoms with van der Waals surface area (Å²) >= 11 is 0. The van der Waals surface area contributed by atoms with Gasteiger partial charge in [-0.05, 0) is 61.8 Å². The van der Waals surface area contributed by atoms with Gasteiger partial charge in [0.05, 0.1) is 41.7 Å². The zero-order valence-corrected chi connectivity index (χ0v) is 22.3. The van der Waals surface area contributed by atoms with E-state index in [1.165, 1.54) is 10.6 Å². The van der Waals surface area contributed by atoms with E-state index in [2.05, 4.69) is 5.32 Å². The van der Waals surface area contributed by atoms with Gasteiger partial charge in [-0.1, -0.05) is 6.92 Å². The highest BCUT2D eigenvalue weighted by Crippen LogP contribution is 2.45. The van der Waals surface area contributed by atoms with Crippen LogP contribution in [0.25, 0.3) is 22.3 Å². The quantitative estimate of drug-likeness (QED) is 0.246. The second-order valence-electron chi connectivity index (χ2n) is 10.6. The maximum atomic E-state index is 15.0. The summed E-state index contributed by atoms with van der Waals surface area (Å²) in [5, 5.41) is 23.8. The number of ether oxygens (including phenoxy) is 2. The van der Waals surface area contributed by atoms with Crippen LogP contribution in [0, 0.1) is 12.7 Å². The normalized spacial score (nSPS) is 20.5. The van der Waals surface area contributed by atoms with E-state index < -0.39 is 29.3 Å². The SMILES string of the molecule is CC[C@@]1(O)C(=O)OCc2c1cc1n(c2=O)Cc2c-1nc1cc(F)c(C)c3c1c2[C@@H](NC(=O)OCCCCO)CC3. The lowest BCUT2D eigenvalue weighted by Crippen LogP contribution is -2.44. The fraction of sp³-hybridized carbons (Fsp3) is 0.448. The number of amides is 1. The first kappa shape index (κ1) is 26.4. The lowest BCUT2D eigenvalue weighted by Gasteiger charge is -2.31. The summed E-state index contributed by atoms with van der Waals surface area (Å²) in [6, 6.07) is 2.51. The molecule has 0 bridgehead atoms. The van der Waals surface area contributed by atoms with E-state index in [1.807, 2.05) is 0 Å². The Labute approximate surface area is 228 Å². The van der Waals surface area contributed by atoms with Crippen molar-refractivity contribution in [2.24, 2.45) is 0 Å². The minimum absolute atomic E-state index is 0.0146. The van der Waals surface area contributed by atoms with Gasteiger partial charge in [0.25, 0.3) is 5.56 Å². The van der Waals surface area contributed by atoms with Crippen LogP contribution >= 0.6 is 0 Å². The second kappa shape index (κ2) is 9.67. The summed E-state index contributed by atoms with van der Waals surface area (Å²) in [6.45, 7) is 3.46. The standard InChI is InChI=1S/C29H30FN3O7/c1-3-29(38)18-10-22-25-16(12-33(22)26(35)17(18)13-40-27(29)36)24-20(32-28(37)39-9-5-4-8-34)7-6-15-14(2)19(30)11-21(31-25)23(15)24/h10-11,20,34,38H,3-9,12-13H2,1-2H3,(H,32,37)/t20-,29-/m0/s1. The molecule has 6 rings (SSSR count). The number of carbonyl (C=O) groups is 2. The molecule has 0 fully saturated rings. The van der Waals surface area contributed by atoms with E-state index in [0.29, 0.717) is 48.2 Å². The Balaban J connectivity index is 1.52. The van der Waals surface area contributed by atoms with Gasteiger partial charge in [-0.15, -0.1) is 0 Å². The second-order valence-corrected chi connectivity index (χ2v) is 10.6. The van der Waals surface area contributed by atoms with E-state index >= 15 is 4.39 Å². The number of aromatic nitrogens is 2. The number of aryl methyl sites for hydroxylation is 1. The van der Waals surface area contributed by atoms with Crippen molar-refractivity contribution < 1.29 is 33.7 Å². The Bertz CT molecular complexity index is 1650. The van der Waals surface area contributed by atoms with Gasteiger partial charge in [-0.2, -0.15) is 0 Å². The average molecular weight is 552 g/mol. The van der Waals surface area contributed by atoms with Crippen LogP contribution in [0.5, 0.6) is 0 Å². The molecular weight excluding hydrogens is 521 g/mol. The molecule has 0 spiro atoms. The smallest absolute Gasteiger partial charge is 0.407 e. The molecule has 3 N–H and O–H groups in total. The van der Waals surface area contributed by atoms with Crippen molar-refractivity contribution in [3.63, 3.8) is 0 Å². The number of hydrogen-bond donors (Lipinski definition) is 3. The molecule has 2 aliphatic heterocycles. The molecule has 1 aromatic carbocycles. The van der Waals surface area contributed by atoms with E-state index in [4.69, 9.17) is 19.6 Å². The van der Waals surface area contributed by atoms with Gasteiger partial charge in [-0.25, -0.2) is 19.0 Å². The fourth-order valence-electron chi connectivity index (χ4n) is 6.26. The maximum absolute atomic E-state index is 15.0. The summed E-state index contributed by atoms with van der Waals surface area (Å²) < 4.78 is 27.0. The molecule has 2 atom stereocenters. The average Bonchev–Trinajstić information content (AvgIpc) is 3.31. The Morgan fingerprint density at radius 1 is 1.27 bits per heavy atom. The molecule has 210 valence electrons. The summed E-state index contributed by atoms with van der Waals surface area (Å²) in [6.07, 6.45) is 1.49.